The van der Waals surface area contributed by atoms with Crippen LogP contribution in [0.15, 0.2) is 73.3 Å². The van der Waals surface area contributed by atoms with Gasteiger partial charge in [0.05, 0.1) is 29.1 Å². The van der Waals surface area contributed by atoms with Crippen LogP contribution >= 0.6 is 0 Å². The van der Waals surface area contributed by atoms with Gasteiger partial charge in [0.1, 0.15) is 0 Å². The lowest BCUT2D eigenvalue weighted by Crippen LogP contribution is -2.07. The molecule has 4 nitrogen and oxygen atoms in total. The van der Waals surface area contributed by atoms with Gasteiger partial charge in [0.2, 0.25) is 0 Å². The molecule has 22 heavy (non-hydrogen) atoms. The van der Waals surface area contributed by atoms with Gasteiger partial charge in [-0.25, -0.2) is 4.98 Å². The molecule has 0 spiro atoms. The molecule has 3 aromatic heterocycles. The third-order valence-corrected chi connectivity index (χ3v) is 3.73. The Bertz CT molecular complexity index is 885. The highest BCUT2D eigenvalue weighted by molar-refractivity contribution is 5.78. The summed E-state index contributed by atoms with van der Waals surface area (Å²) in [6.07, 6.45) is 5.32. The molecule has 4 heteroatoms. The number of para-hydroxylation sites is 1. The first-order valence-electron chi connectivity index (χ1n) is 7.17. The van der Waals surface area contributed by atoms with Crippen molar-refractivity contribution in [1.29, 1.82) is 0 Å². The minimum absolute atomic E-state index is 0.0479. The van der Waals surface area contributed by atoms with E-state index in [0.717, 1.165) is 28.0 Å². The van der Waals surface area contributed by atoms with Crippen molar-refractivity contribution in [3.05, 3.63) is 90.4 Å². The van der Waals surface area contributed by atoms with Crippen LogP contribution in [0.3, 0.4) is 0 Å². The molecule has 1 atom stereocenters. The minimum atomic E-state index is -0.0479. The lowest BCUT2D eigenvalue weighted by Gasteiger charge is -2.15. The van der Waals surface area contributed by atoms with Crippen molar-refractivity contribution in [3.63, 3.8) is 0 Å². The maximum Gasteiger partial charge on any atom is 0.0922 e. The fraction of sp³-hybridized carbons (Fsp3) is 0.0556. The summed E-state index contributed by atoms with van der Waals surface area (Å²) in [5.41, 5.74) is 3.89. The molecule has 1 aromatic carbocycles. The van der Waals surface area contributed by atoms with E-state index in [4.69, 9.17) is 4.98 Å². The van der Waals surface area contributed by atoms with E-state index in [-0.39, 0.29) is 5.92 Å². The normalized spacial score (nSPS) is 12.4. The maximum atomic E-state index is 4.82. The van der Waals surface area contributed by atoms with Gasteiger partial charge in [0, 0.05) is 23.5 Å². The lowest BCUT2D eigenvalue weighted by molar-refractivity contribution is 0.855. The predicted molar refractivity (Wildman–Crippen MR) is 85.5 cm³/mol. The number of aromatic amines is 1. The van der Waals surface area contributed by atoms with Crippen molar-refractivity contribution < 1.29 is 0 Å². The highest BCUT2D eigenvalue weighted by Crippen LogP contribution is 2.28. The van der Waals surface area contributed by atoms with Gasteiger partial charge in [-0.15, -0.1) is 0 Å². The first-order valence-corrected chi connectivity index (χ1v) is 7.17. The maximum absolute atomic E-state index is 4.82. The summed E-state index contributed by atoms with van der Waals surface area (Å²) in [6.45, 7) is 0. The van der Waals surface area contributed by atoms with Crippen LogP contribution in [0.2, 0.25) is 0 Å². The van der Waals surface area contributed by atoms with Crippen LogP contribution in [0.25, 0.3) is 10.9 Å². The molecule has 0 aliphatic heterocycles. The van der Waals surface area contributed by atoms with Crippen LogP contribution in [-0.4, -0.2) is 19.9 Å². The molecule has 0 aliphatic carbocycles. The Morgan fingerprint density at radius 3 is 2.59 bits per heavy atom. The van der Waals surface area contributed by atoms with Gasteiger partial charge < -0.3 is 4.98 Å². The van der Waals surface area contributed by atoms with Gasteiger partial charge in [-0.3, -0.25) is 9.97 Å². The quantitative estimate of drug-likeness (QED) is 0.627. The molecular weight excluding hydrogens is 272 g/mol. The van der Waals surface area contributed by atoms with Crippen molar-refractivity contribution in [2.45, 2.75) is 5.92 Å². The fourth-order valence-corrected chi connectivity index (χ4v) is 2.68. The Kier molecular flexibility index (Phi) is 3.12. The zero-order chi connectivity index (χ0) is 14.8. The number of benzene rings is 1. The zero-order valence-corrected chi connectivity index (χ0v) is 11.8. The number of aromatic nitrogens is 4. The van der Waals surface area contributed by atoms with Crippen molar-refractivity contribution >= 4 is 10.9 Å². The molecule has 0 saturated heterocycles. The van der Waals surface area contributed by atoms with E-state index in [1.54, 1.807) is 12.5 Å². The molecule has 106 valence electrons. The van der Waals surface area contributed by atoms with E-state index >= 15 is 0 Å². The van der Waals surface area contributed by atoms with Crippen LogP contribution in [0.5, 0.6) is 0 Å². The largest absolute Gasteiger partial charge is 0.348 e. The van der Waals surface area contributed by atoms with Crippen LogP contribution in [-0.2, 0) is 0 Å². The van der Waals surface area contributed by atoms with Crippen molar-refractivity contribution in [2.24, 2.45) is 0 Å². The summed E-state index contributed by atoms with van der Waals surface area (Å²) < 4.78 is 0. The Balaban J connectivity index is 1.89. The molecule has 0 amide bonds. The summed E-state index contributed by atoms with van der Waals surface area (Å²) in [6, 6.07) is 18.2. The number of hydrogen-bond donors (Lipinski definition) is 1. The summed E-state index contributed by atoms with van der Waals surface area (Å²) in [5.74, 6) is -0.0479. The van der Waals surface area contributed by atoms with Gasteiger partial charge in [0.15, 0.2) is 0 Å². The van der Waals surface area contributed by atoms with E-state index in [1.165, 1.54) is 0 Å². The number of imidazole rings is 1. The van der Waals surface area contributed by atoms with E-state index in [1.807, 2.05) is 42.6 Å². The molecule has 4 aromatic rings. The summed E-state index contributed by atoms with van der Waals surface area (Å²) >= 11 is 0. The second kappa shape index (κ2) is 5.41. The molecular formula is C18H14N4. The summed E-state index contributed by atoms with van der Waals surface area (Å²) in [4.78, 5) is 16.7. The number of nitrogens with one attached hydrogen (secondary N) is 1. The lowest BCUT2D eigenvalue weighted by atomic mass is 9.96. The monoisotopic (exact) mass is 286 g/mol. The number of nitrogens with zero attached hydrogens (tertiary/aromatic N) is 3. The van der Waals surface area contributed by atoms with Gasteiger partial charge >= 0.3 is 0 Å². The predicted octanol–water partition coefficient (Wildman–Crippen LogP) is 3.53. The van der Waals surface area contributed by atoms with E-state index < -0.39 is 0 Å². The van der Waals surface area contributed by atoms with Crippen molar-refractivity contribution in [1.82, 2.24) is 19.9 Å². The Morgan fingerprint density at radius 1 is 0.864 bits per heavy atom. The third kappa shape index (κ3) is 2.24. The average Bonchev–Trinajstić information content (AvgIpc) is 3.10. The highest BCUT2D eigenvalue weighted by atomic mass is 14.9. The van der Waals surface area contributed by atoms with Gasteiger partial charge in [-0.05, 0) is 24.3 Å². The first kappa shape index (κ1) is 12.7. The minimum Gasteiger partial charge on any atom is -0.348 e. The van der Waals surface area contributed by atoms with E-state index in [0.29, 0.717) is 0 Å². The van der Waals surface area contributed by atoms with Crippen molar-refractivity contribution in [3.8, 4) is 0 Å². The fourth-order valence-electron chi connectivity index (χ4n) is 2.68. The third-order valence-electron chi connectivity index (χ3n) is 3.73. The molecule has 1 N–H and O–H groups in total. The Morgan fingerprint density at radius 2 is 1.77 bits per heavy atom. The highest BCUT2D eigenvalue weighted by Gasteiger charge is 2.20. The zero-order valence-electron chi connectivity index (χ0n) is 11.8. The SMILES string of the molecule is c1ccc(C(c2ccc3ccccc3n2)c2cnc[nH]2)nc1. The van der Waals surface area contributed by atoms with Crippen LogP contribution in [0.4, 0.5) is 0 Å². The molecule has 0 saturated carbocycles. The molecule has 0 bridgehead atoms. The molecule has 0 aliphatic rings. The number of pyridine rings is 2. The second-order valence-electron chi connectivity index (χ2n) is 5.12. The molecule has 0 radical (unpaired) electrons. The van der Waals surface area contributed by atoms with Gasteiger partial charge in [-0.1, -0.05) is 30.3 Å². The van der Waals surface area contributed by atoms with E-state index in [9.17, 15) is 0 Å². The van der Waals surface area contributed by atoms with Crippen LogP contribution < -0.4 is 0 Å². The molecule has 3 heterocycles. The van der Waals surface area contributed by atoms with Gasteiger partial charge in [-0.2, -0.15) is 0 Å². The standard InChI is InChI=1S/C18H14N4/c1-2-6-14-13(5-1)8-9-16(22-14)18(17-11-19-12-21-17)15-7-3-4-10-20-15/h1-12,18H,(H,19,21). The van der Waals surface area contributed by atoms with Gasteiger partial charge in [0.25, 0.3) is 0 Å². The topological polar surface area (TPSA) is 54.5 Å². The molecule has 4 rings (SSSR count). The number of H-pyrrole nitrogens is 1. The Hall–Kier alpha value is -3.01. The summed E-state index contributed by atoms with van der Waals surface area (Å²) in [5, 5.41) is 1.13. The van der Waals surface area contributed by atoms with Crippen molar-refractivity contribution in [2.75, 3.05) is 0 Å². The van der Waals surface area contributed by atoms with Crippen LogP contribution in [0, 0.1) is 0 Å². The number of hydrogen-bond acceptors (Lipinski definition) is 3. The first-order chi connectivity index (χ1) is 10.9. The van der Waals surface area contributed by atoms with Crippen LogP contribution in [0.1, 0.15) is 23.0 Å². The molecule has 0 fully saturated rings. The molecule has 1 unspecified atom stereocenters. The average molecular weight is 286 g/mol. The second-order valence-corrected chi connectivity index (χ2v) is 5.12. The van der Waals surface area contributed by atoms with E-state index in [2.05, 4.69) is 33.2 Å². The number of rotatable bonds is 3. The Labute approximate surface area is 127 Å². The summed E-state index contributed by atoms with van der Waals surface area (Å²) in [7, 11) is 0. The number of fused-ring (bicyclic) bond motifs is 1. The smallest absolute Gasteiger partial charge is 0.0922 e.